The zero-order valence-corrected chi connectivity index (χ0v) is 5.80. The van der Waals surface area contributed by atoms with Gasteiger partial charge in [-0.05, 0) is 18.4 Å². The lowest BCUT2D eigenvalue weighted by molar-refractivity contribution is 0.253. The van der Waals surface area contributed by atoms with Crippen LogP contribution in [0.5, 0.6) is 0 Å². The van der Waals surface area contributed by atoms with E-state index in [0.29, 0.717) is 6.42 Å². The summed E-state index contributed by atoms with van der Waals surface area (Å²) in [5.74, 6) is 0.935. The summed E-state index contributed by atoms with van der Waals surface area (Å²) in [5.41, 5.74) is -0.646. The van der Waals surface area contributed by atoms with E-state index < -0.39 is 5.56 Å². The van der Waals surface area contributed by atoms with Crippen molar-refractivity contribution in [2.75, 3.05) is 12.0 Å². The largest absolute Gasteiger partial charge is 0.378 e. The molecule has 0 radical (unpaired) electrons. The molecule has 0 aromatic rings. The molecule has 0 aliphatic carbocycles. The minimum atomic E-state index is -0.646. The topological polar surface area (TPSA) is 20.2 Å². The molecular formula is C4H9ClOS. The van der Waals surface area contributed by atoms with E-state index >= 15 is 0 Å². The first kappa shape index (κ1) is 7.60. The second-order valence-electron chi connectivity index (χ2n) is 1.22. The van der Waals surface area contributed by atoms with Gasteiger partial charge in [0.2, 0.25) is 0 Å². The molecule has 7 heavy (non-hydrogen) atoms. The molecule has 0 aliphatic heterocycles. The average Bonchev–Trinajstić information content (AvgIpc) is 1.61. The third-order valence-electron chi connectivity index (χ3n) is 0.560. The first-order valence-electron chi connectivity index (χ1n) is 2.08. The van der Waals surface area contributed by atoms with Gasteiger partial charge in [0.1, 0.15) is 5.56 Å². The van der Waals surface area contributed by atoms with E-state index in [0.717, 1.165) is 5.75 Å². The maximum atomic E-state index is 8.44. The molecule has 0 aromatic carbocycles. The van der Waals surface area contributed by atoms with E-state index in [1.165, 1.54) is 0 Å². The number of aliphatic hydroxyl groups excluding tert-OH is 1. The quantitative estimate of drug-likeness (QED) is 0.597. The fraction of sp³-hybridized carbons (Fsp3) is 1.00. The highest BCUT2D eigenvalue weighted by atomic mass is 35.5. The summed E-state index contributed by atoms with van der Waals surface area (Å²) in [4.78, 5) is 0. The van der Waals surface area contributed by atoms with E-state index in [9.17, 15) is 0 Å². The molecule has 1 unspecified atom stereocenters. The first-order chi connectivity index (χ1) is 3.27. The fourth-order valence-corrected chi connectivity index (χ4v) is 0.913. The Morgan fingerprint density at radius 3 is 2.57 bits per heavy atom. The van der Waals surface area contributed by atoms with Crippen LogP contribution in [0.1, 0.15) is 6.42 Å². The summed E-state index contributed by atoms with van der Waals surface area (Å²) in [6.45, 7) is 0. The van der Waals surface area contributed by atoms with Crippen LogP contribution in [-0.2, 0) is 0 Å². The number of halogens is 1. The highest BCUT2D eigenvalue weighted by Gasteiger charge is 1.93. The Labute approximate surface area is 53.1 Å². The molecule has 0 heterocycles. The lowest BCUT2D eigenvalue weighted by Gasteiger charge is -1.95. The van der Waals surface area contributed by atoms with Crippen molar-refractivity contribution in [2.45, 2.75) is 12.0 Å². The SMILES string of the molecule is CSCCC(O)Cl. The predicted molar refractivity (Wildman–Crippen MR) is 34.9 cm³/mol. The van der Waals surface area contributed by atoms with Crippen LogP contribution in [-0.4, -0.2) is 22.7 Å². The van der Waals surface area contributed by atoms with Gasteiger partial charge in [-0.2, -0.15) is 11.8 Å². The van der Waals surface area contributed by atoms with Crippen LogP contribution >= 0.6 is 23.4 Å². The highest BCUT2D eigenvalue weighted by molar-refractivity contribution is 7.98. The van der Waals surface area contributed by atoms with Crippen LogP contribution in [0.3, 0.4) is 0 Å². The van der Waals surface area contributed by atoms with Gasteiger partial charge in [-0.15, -0.1) is 0 Å². The lowest BCUT2D eigenvalue weighted by Crippen LogP contribution is -1.95. The summed E-state index contributed by atoms with van der Waals surface area (Å²) < 4.78 is 0. The number of thioether (sulfide) groups is 1. The summed E-state index contributed by atoms with van der Waals surface area (Å²) in [7, 11) is 0. The number of hydrogen-bond donors (Lipinski definition) is 1. The number of alkyl halides is 1. The first-order valence-corrected chi connectivity index (χ1v) is 3.91. The zero-order valence-electron chi connectivity index (χ0n) is 4.22. The van der Waals surface area contributed by atoms with Crippen molar-refractivity contribution in [3.05, 3.63) is 0 Å². The number of aliphatic hydroxyl groups is 1. The Morgan fingerprint density at radius 1 is 1.86 bits per heavy atom. The molecule has 1 N–H and O–H groups in total. The van der Waals surface area contributed by atoms with E-state index in [1.807, 2.05) is 6.26 Å². The van der Waals surface area contributed by atoms with Crippen LogP contribution in [0.4, 0.5) is 0 Å². The highest BCUT2D eigenvalue weighted by Crippen LogP contribution is 2.02. The Hall–Kier alpha value is 0.600. The maximum Gasteiger partial charge on any atom is 0.128 e. The van der Waals surface area contributed by atoms with Gasteiger partial charge in [-0.25, -0.2) is 0 Å². The van der Waals surface area contributed by atoms with Crippen molar-refractivity contribution in [1.29, 1.82) is 0 Å². The standard InChI is InChI=1S/C4H9ClOS/c1-7-3-2-4(5)6/h4,6H,2-3H2,1H3. The van der Waals surface area contributed by atoms with Crippen molar-refractivity contribution in [3.63, 3.8) is 0 Å². The molecule has 0 amide bonds. The summed E-state index contributed by atoms with van der Waals surface area (Å²) in [6.07, 6.45) is 2.67. The molecule has 1 nitrogen and oxygen atoms in total. The van der Waals surface area contributed by atoms with Gasteiger partial charge in [0, 0.05) is 0 Å². The molecule has 0 saturated carbocycles. The smallest absolute Gasteiger partial charge is 0.128 e. The van der Waals surface area contributed by atoms with Gasteiger partial charge in [0.05, 0.1) is 0 Å². The van der Waals surface area contributed by atoms with E-state index in [4.69, 9.17) is 16.7 Å². The van der Waals surface area contributed by atoms with E-state index in [-0.39, 0.29) is 0 Å². The Balaban J connectivity index is 2.68. The van der Waals surface area contributed by atoms with Gasteiger partial charge < -0.3 is 5.11 Å². The molecule has 0 aliphatic rings. The normalized spacial score (nSPS) is 14.1. The second-order valence-corrected chi connectivity index (χ2v) is 2.71. The van der Waals surface area contributed by atoms with E-state index in [1.54, 1.807) is 11.8 Å². The van der Waals surface area contributed by atoms with Crippen molar-refractivity contribution in [3.8, 4) is 0 Å². The molecule has 0 aromatic heterocycles. The molecule has 0 fully saturated rings. The van der Waals surface area contributed by atoms with Crippen molar-refractivity contribution >= 4 is 23.4 Å². The Bertz CT molecular complexity index is 40.7. The zero-order chi connectivity index (χ0) is 5.70. The molecule has 0 saturated heterocycles. The van der Waals surface area contributed by atoms with Crippen LogP contribution < -0.4 is 0 Å². The van der Waals surface area contributed by atoms with Gasteiger partial charge in [-0.1, -0.05) is 11.6 Å². The van der Waals surface area contributed by atoms with Gasteiger partial charge >= 0.3 is 0 Å². The monoisotopic (exact) mass is 140 g/mol. The van der Waals surface area contributed by atoms with Crippen molar-refractivity contribution in [2.24, 2.45) is 0 Å². The van der Waals surface area contributed by atoms with Gasteiger partial charge in [0.15, 0.2) is 0 Å². The summed E-state index contributed by atoms with van der Waals surface area (Å²) in [6, 6.07) is 0. The third-order valence-corrected chi connectivity index (χ3v) is 1.42. The minimum Gasteiger partial charge on any atom is -0.378 e. The molecular weight excluding hydrogens is 132 g/mol. The van der Waals surface area contributed by atoms with E-state index in [2.05, 4.69) is 0 Å². The van der Waals surface area contributed by atoms with Crippen LogP contribution in [0, 0.1) is 0 Å². The molecule has 44 valence electrons. The molecule has 3 heteroatoms. The second kappa shape index (κ2) is 4.75. The molecule has 0 bridgehead atoms. The lowest BCUT2D eigenvalue weighted by atomic mass is 10.5. The molecule has 0 spiro atoms. The number of hydrogen-bond acceptors (Lipinski definition) is 2. The summed E-state index contributed by atoms with van der Waals surface area (Å²) in [5, 5.41) is 8.44. The van der Waals surface area contributed by atoms with Crippen LogP contribution in [0.25, 0.3) is 0 Å². The Kier molecular flexibility index (Phi) is 5.16. The Morgan fingerprint density at radius 2 is 2.43 bits per heavy atom. The van der Waals surface area contributed by atoms with Crippen LogP contribution in [0.15, 0.2) is 0 Å². The molecule has 1 atom stereocenters. The third kappa shape index (κ3) is 6.60. The minimum absolute atomic E-state index is 0.646. The van der Waals surface area contributed by atoms with Crippen molar-refractivity contribution in [1.82, 2.24) is 0 Å². The maximum absolute atomic E-state index is 8.44. The van der Waals surface area contributed by atoms with Crippen LogP contribution in [0.2, 0.25) is 0 Å². The van der Waals surface area contributed by atoms with Gasteiger partial charge in [-0.3, -0.25) is 0 Å². The predicted octanol–water partition coefficient (Wildman–Crippen LogP) is 1.30. The average molecular weight is 141 g/mol. The van der Waals surface area contributed by atoms with Crippen molar-refractivity contribution < 1.29 is 5.11 Å². The molecule has 0 rings (SSSR count). The van der Waals surface area contributed by atoms with Gasteiger partial charge in [0.25, 0.3) is 0 Å². The number of rotatable bonds is 3. The summed E-state index contributed by atoms with van der Waals surface area (Å²) >= 11 is 6.88. The fourth-order valence-electron chi connectivity index (χ4n) is 0.215.